The van der Waals surface area contributed by atoms with Crippen LogP contribution in [0.15, 0.2) is 0 Å². The SMILES string of the molecule is CCC(I)(CC)N(C)C. The van der Waals surface area contributed by atoms with Gasteiger partial charge >= 0.3 is 0 Å². The summed E-state index contributed by atoms with van der Waals surface area (Å²) in [6.07, 6.45) is 2.44. The van der Waals surface area contributed by atoms with E-state index >= 15 is 0 Å². The van der Waals surface area contributed by atoms with Crippen LogP contribution in [-0.2, 0) is 0 Å². The normalized spacial score (nSPS) is 12.7. The zero-order chi connectivity index (χ0) is 7.49. The molecule has 0 amide bonds. The maximum Gasteiger partial charge on any atom is 0.0720 e. The van der Waals surface area contributed by atoms with Crippen molar-refractivity contribution in [3.8, 4) is 0 Å². The molecule has 0 fully saturated rings. The predicted octanol–water partition coefficient (Wildman–Crippen LogP) is 2.50. The quantitative estimate of drug-likeness (QED) is 0.417. The van der Waals surface area contributed by atoms with Crippen LogP contribution < -0.4 is 0 Å². The molecule has 0 rings (SSSR count). The summed E-state index contributed by atoms with van der Waals surface area (Å²) in [7, 11) is 4.28. The Morgan fingerprint density at radius 3 is 1.56 bits per heavy atom. The predicted molar refractivity (Wildman–Crippen MR) is 51.0 cm³/mol. The summed E-state index contributed by atoms with van der Waals surface area (Å²) in [5.74, 6) is 0. The molecule has 0 aliphatic heterocycles. The van der Waals surface area contributed by atoms with Gasteiger partial charge in [-0.2, -0.15) is 0 Å². The van der Waals surface area contributed by atoms with Crippen molar-refractivity contribution in [2.24, 2.45) is 0 Å². The Morgan fingerprint density at radius 2 is 1.56 bits per heavy atom. The summed E-state index contributed by atoms with van der Waals surface area (Å²) in [6, 6.07) is 0. The third-order valence-corrected chi connectivity index (χ3v) is 4.38. The molecule has 0 aromatic carbocycles. The molecule has 0 N–H and O–H groups in total. The lowest BCUT2D eigenvalue weighted by Gasteiger charge is -2.32. The third-order valence-electron chi connectivity index (χ3n) is 1.88. The summed E-state index contributed by atoms with van der Waals surface area (Å²) in [5.41, 5.74) is 0. The fourth-order valence-electron chi connectivity index (χ4n) is 0.882. The molecule has 0 unspecified atom stereocenters. The van der Waals surface area contributed by atoms with Gasteiger partial charge in [-0.05, 0) is 26.9 Å². The van der Waals surface area contributed by atoms with Crippen LogP contribution in [0.4, 0.5) is 0 Å². The zero-order valence-corrected chi connectivity index (χ0v) is 8.90. The van der Waals surface area contributed by atoms with Crippen LogP contribution in [0.25, 0.3) is 0 Å². The molecule has 1 nitrogen and oxygen atoms in total. The minimum atomic E-state index is 0.387. The van der Waals surface area contributed by atoms with E-state index in [1.165, 1.54) is 12.8 Å². The molecule has 0 bridgehead atoms. The number of alkyl halides is 1. The molecule has 0 aromatic heterocycles. The van der Waals surface area contributed by atoms with Crippen molar-refractivity contribution in [2.75, 3.05) is 14.1 Å². The molecule has 0 saturated carbocycles. The first-order chi connectivity index (χ1) is 4.06. The van der Waals surface area contributed by atoms with Crippen molar-refractivity contribution in [3.63, 3.8) is 0 Å². The molecule has 0 spiro atoms. The van der Waals surface area contributed by atoms with E-state index < -0.39 is 0 Å². The molecule has 0 saturated heterocycles. The summed E-state index contributed by atoms with van der Waals surface area (Å²) in [4.78, 5) is 2.29. The van der Waals surface area contributed by atoms with Gasteiger partial charge in [-0.25, -0.2) is 0 Å². The van der Waals surface area contributed by atoms with Crippen molar-refractivity contribution >= 4 is 22.6 Å². The second-order valence-electron chi connectivity index (χ2n) is 2.52. The van der Waals surface area contributed by atoms with Gasteiger partial charge in [0.05, 0.1) is 3.55 Å². The van der Waals surface area contributed by atoms with E-state index in [2.05, 4.69) is 55.4 Å². The van der Waals surface area contributed by atoms with Crippen molar-refractivity contribution in [3.05, 3.63) is 0 Å². The number of nitrogens with zero attached hydrogens (tertiary/aromatic N) is 1. The summed E-state index contributed by atoms with van der Waals surface area (Å²) < 4.78 is 0.387. The molecule has 0 radical (unpaired) electrons. The Labute approximate surface area is 72.0 Å². The van der Waals surface area contributed by atoms with Gasteiger partial charge in [0.25, 0.3) is 0 Å². The average Bonchev–Trinajstić information content (AvgIpc) is 1.86. The third kappa shape index (κ3) is 2.42. The van der Waals surface area contributed by atoms with Crippen LogP contribution in [-0.4, -0.2) is 22.5 Å². The van der Waals surface area contributed by atoms with Gasteiger partial charge in [-0.3, -0.25) is 4.90 Å². The highest BCUT2D eigenvalue weighted by Crippen LogP contribution is 2.28. The van der Waals surface area contributed by atoms with E-state index in [1.54, 1.807) is 0 Å². The van der Waals surface area contributed by atoms with Gasteiger partial charge in [-0.1, -0.05) is 36.4 Å². The monoisotopic (exact) mass is 241 g/mol. The molecule has 0 heterocycles. The van der Waals surface area contributed by atoms with E-state index in [-0.39, 0.29) is 0 Å². The lowest BCUT2D eigenvalue weighted by molar-refractivity contribution is 0.261. The highest BCUT2D eigenvalue weighted by Gasteiger charge is 2.23. The number of rotatable bonds is 3. The lowest BCUT2D eigenvalue weighted by atomic mass is 10.1. The fraction of sp³-hybridized carbons (Fsp3) is 1.00. The van der Waals surface area contributed by atoms with Gasteiger partial charge in [0.15, 0.2) is 0 Å². The second-order valence-corrected chi connectivity index (χ2v) is 4.53. The summed E-state index contributed by atoms with van der Waals surface area (Å²) in [5, 5.41) is 0. The summed E-state index contributed by atoms with van der Waals surface area (Å²) >= 11 is 2.52. The van der Waals surface area contributed by atoms with Crippen LogP contribution in [0.1, 0.15) is 26.7 Å². The van der Waals surface area contributed by atoms with Crippen molar-refractivity contribution in [1.82, 2.24) is 4.90 Å². The molecule has 56 valence electrons. The highest BCUT2D eigenvalue weighted by atomic mass is 127. The second kappa shape index (κ2) is 3.76. The summed E-state index contributed by atoms with van der Waals surface area (Å²) in [6.45, 7) is 4.46. The van der Waals surface area contributed by atoms with Crippen LogP contribution in [0, 0.1) is 0 Å². The molecule has 0 aliphatic rings. The largest absolute Gasteiger partial charge is 0.295 e. The van der Waals surface area contributed by atoms with E-state index in [1.807, 2.05) is 0 Å². The van der Waals surface area contributed by atoms with E-state index in [4.69, 9.17) is 0 Å². The first kappa shape index (κ1) is 9.69. The van der Waals surface area contributed by atoms with E-state index in [9.17, 15) is 0 Å². The van der Waals surface area contributed by atoms with Gasteiger partial charge in [0.1, 0.15) is 0 Å². The molecule has 0 atom stereocenters. The lowest BCUT2D eigenvalue weighted by Crippen LogP contribution is -2.36. The Bertz CT molecular complexity index is 77.0. The zero-order valence-electron chi connectivity index (χ0n) is 6.74. The van der Waals surface area contributed by atoms with E-state index in [0.717, 1.165) is 0 Å². The first-order valence-corrected chi connectivity index (χ1v) is 4.51. The van der Waals surface area contributed by atoms with Crippen molar-refractivity contribution in [2.45, 2.75) is 30.2 Å². The molecular formula is C7H16IN. The number of halogens is 1. The van der Waals surface area contributed by atoms with Crippen LogP contribution in [0.5, 0.6) is 0 Å². The highest BCUT2D eigenvalue weighted by molar-refractivity contribution is 14.1. The van der Waals surface area contributed by atoms with Crippen LogP contribution in [0.3, 0.4) is 0 Å². The van der Waals surface area contributed by atoms with Gasteiger partial charge in [-0.15, -0.1) is 0 Å². The Balaban J connectivity index is 3.92. The smallest absolute Gasteiger partial charge is 0.0720 e. The number of hydrogen-bond donors (Lipinski definition) is 0. The Hall–Kier alpha value is 0.690. The maximum atomic E-state index is 2.52. The first-order valence-electron chi connectivity index (χ1n) is 3.43. The standard InChI is InChI=1S/C7H16IN/c1-5-7(8,6-2)9(3)4/h5-6H2,1-4H3. The van der Waals surface area contributed by atoms with Crippen LogP contribution in [0.2, 0.25) is 0 Å². The van der Waals surface area contributed by atoms with E-state index in [0.29, 0.717) is 3.55 Å². The average molecular weight is 241 g/mol. The molecule has 0 aromatic rings. The molecule has 0 aliphatic carbocycles. The topological polar surface area (TPSA) is 3.24 Å². The minimum absolute atomic E-state index is 0.387. The van der Waals surface area contributed by atoms with Crippen molar-refractivity contribution in [1.29, 1.82) is 0 Å². The maximum absolute atomic E-state index is 2.52. The fourth-order valence-corrected chi connectivity index (χ4v) is 0.882. The number of hydrogen-bond acceptors (Lipinski definition) is 1. The molecule has 2 heteroatoms. The van der Waals surface area contributed by atoms with Crippen LogP contribution >= 0.6 is 22.6 Å². The van der Waals surface area contributed by atoms with Gasteiger partial charge in [0.2, 0.25) is 0 Å². The Morgan fingerprint density at radius 1 is 1.22 bits per heavy atom. The Kier molecular flexibility index (Phi) is 4.05. The van der Waals surface area contributed by atoms with Crippen molar-refractivity contribution < 1.29 is 0 Å². The van der Waals surface area contributed by atoms with Gasteiger partial charge < -0.3 is 0 Å². The molecule has 9 heavy (non-hydrogen) atoms. The van der Waals surface area contributed by atoms with Gasteiger partial charge in [0, 0.05) is 0 Å². The minimum Gasteiger partial charge on any atom is -0.295 e. The molecular weight excluding hydrogens is 225 g/mol.